The topological polar surface area (TPSA) is 133 Å². The zero-order valence-corrected chi connectivity index (χ0v) is 31.9. The van der Waals surface area contributed by atoms with Gasteiger partial charge in [-0.1, -0.05) is 35.9 Å². The zero-order chi connectivity index (χ0) is 38.1. The maximum absolute atomic E-state index is 12.7. The molecule has 0 amide bonds. The Morgan fingerprint density at radius 3 is 2.43 bits per heavy atom. The van der Waals surface area contributed by atoms with Crippen molar-refractivity contribution in [2.24, 2.45) is 0 Å². The number of benzene rings is 3. The SMILES string of the molecule is Cc1c(COc2cc(OCc3cncc(C#N)c3)c(CN(CCS(=O)(=O)OC(C)C)Cc3ccncc3)cc2Cl)cccc1-c1ccc2c(c1)OCCO2. The summed E-state index contributed by atoms with van der Waals surface area (Å²) in [6.07, 6.45) is 6.05. The highest BCUT2D eigenvalue weighted by Crippen LogP contribution is 2.38. The molecule has 54 heavy (non-hydrogen) atoms. The van der Waals surface area contributed by atoms with Crippen LogP contribution in [0, 0.1) is 18.3 Å². The minimum absolute atomic E-state index is 0.119. The molecule has 0 N–H and O–H groups in total. The number of nitriles is 1. The maximum Gasteiger partial charge on any atom is 0.268 e. The van der Waals surface area contributed by atoms with Crippen LogP contribution >= 0.6 is 11.6 Å². The van der Waals surface area contributed by atoms with E-state index in [-0.39, 0.29) is 25.5 Å². The summed E-state index contributed by atoms with van der Waals surface area (Å²) in [5, 5.41) is 9.77. The summed E-state index contributed by atoms with van der Waals surface area (Å²) in [6, 6.07) is 23.1. The van der Waals surface area contributed by atoms with Crippen molar-refractivity contribution in [2.45, 2.75) is 53.2 Å². The fourth-order valence-corrected chi connectivity index (χ4v) is 7.44. The molecule has 1 aliphatic heterocycles. The molecule has 0 bridgehead atoms. The minimum Gasteiger partial charge on any atom is -0.488 e. The molecule has 0 radical (unpaired) electrons. The fraction of sp³-hybridized carbons (Fsp3) is 0.293. The highest BCUT2D eigenvalue weighted by atomic mass is 35.5. The van der Waals surface area contributed by atoms with Gasteiger partial charge in [0.15, 0.2) is 11.5 Å². The predicted molar refractivity (Wildman–Crippen MR) is 205 cm³/mol. The highest BCUT2D eigenvalue weighted by molar-refractivity contribution is 7.86. The molecule has 1 aliphatic rings. The van der Waals surface area contributed by atoms with Crippen molar-refractivity contribution in [3.05, 3.63) is 130 Å². The van der Waals surface area contributed by atoms with Crippen LogP contribution in [-0.4, -0.2) is 54.9 Å². The minimum atomic E-state index is -3.78. The number of fused-ring (bicyclic) bond motifs is 1. The van der Waals surface area contributed by atoms with E-state index in [1.165, 1.54) is 6.20 Å². The van der Waals surface area contributed by atoms with Crippen LogP contribution < -0.4 is 18.9 Å². The number of pyridine rings is 2. The van der Waals surface area contributed by atoms with Crippen molar-refractivity contribution in [3.63, 3.8) is 0 Å². The summed E-state index contributed by atoms with van der Waals surface area (Å²) in [6.45, 7) is 7.72. The number of halogens is 1. The quantitative estimate of drug-likeness (QED) is 0.0917. The predicted octanol–water partition coefficient (Wildman–Crippen LogP) is 7.66. The average Bonchev–Trinajstić information content (AvgIpc) is 3.16. The molecule has 0 unspecified atom stereocenters. The molecule has 0 saturated heterocycles. The molecule has 5 aromatic rings. The van der Waals surface area contributed by atoms with Gasteiger partial charge >= 0.3 is 0 Å². The third kappa shape index (κ3) is 10.3. The Labute approximate surface area is 321 Å². The Balaban J connectivity index is 1.27. The van der Waals surface area contributed by atoms with Crippen molar-refractivity contribution in [1.29, 1.82) is 5.26 Å². The summed E-state index contributed by atoms with van der Waals surface area (Å²) in [4.78, 5) is 10.3. The van der Waals surface area contributed by atoms with E-state index in [9.17, 15) is 13.7 Å². The summed E-state index contributed by atoms with van der Waals surface area (Å²) < 4.78 is 55.0. The maximum atomic E-state index is 12.7. The van der Waals surface area contributed by atoms with Gasteiger partial charge in [0, 0.05) is 61.6 Å². The first-order chi connectivity index (χ1) is 26.1. The molecule has 3 aromatic carbocycles. The van der Waals surface area contributed by atoms with Gasteiger partial charge in [-0.25, -0.2) is 0 Å². The van der Waals surface area contributed by atoms with Gasteiger partial charge < -0.3 is 18.9 Å². The van der Waals surface area contributed by atoms with Gasteiger partial charge in [0.25, 0.3) is 10.1 Å². The van der Waals surface area contributed by atoms with Crippen molar-refractivity contribution < 1.29 is 31.5 Å². The molecule has 11 nitrogen and oxygen atoms in total. The molecule has 0 aliphatic carbocycles. The lowest BCUT2D eigenvalue weighted by molar-refractivity contribution is 0.171. The lowest BCUT2D eigenvalue weighted by atomic mass is 9.96. The van der Waals surface area contributed by atoms with E-state index >= 15 is 0 Å². The lowest BCUT2D eigenvalue weighted by Gasteiger charge is -2.25. The summed E-state index contributed by atoms with van der Waals surface area (Å²) >= 11 is 6.91. The van der Waals surface area contributed by atoms with Crippen LogP contribution in [-0.2, 0) is 40.6 Å². The first kappa shape index (κ1) is 38.5. The third-order valence-electron chi connectivity index (χ3n) is 8.66. The normalized spacial score (nSPS) is 12.5. The molecule has 6 rings (SSSR count). The number of rotatable bonds is 16. The van der Waals surface area contributed by atoms with E-state index in [1.807, 2.05) is 47.4 Å². The molecular formula is C41H41ClN4O7S. The number of hydrogen-bond donors (Lipinski definition) is 0. The smallest absolute Gasteiger partial charge is 0.268 e. The third-order valence-corrected chi connectivity index (χ3v) is 10.3. The first-order valence-electron chi connectivity index (χ1n) is 17.5. The van der Waals surface area contributed by atoms with Crippen molar-refractivity contribution in [1.82, 2.24) is 14.9 Å². The zero-order valence-electron chi connectivity index (χ0n) is 30.3. The van der Waals surface area contributed by atoms with Crippen molar-refractivity contribution in [3.8, 4) is 40.2 Å². The molecule has 0 spiro atoms. The Morgan fingerprint density at radius 1 is 0.870 bits per heavy atom. The van der Waals surface area contributed by atoms with Crippen LogP contribution in [0.1, 0.15) is 47.2 Å². The molecule has 280 valence electrons. The molecule has 2 aromatic heterocycles. The second-order valence-electron chi connectivity index (χ2n) is 13.1. The largest absolute Gasteiger partial charge is 0.488 e. The van der Waals surface area contributed by atoms with Crippen molar-refractivity contribution >= 4 is 21.7 Å². The van der Waals surface area contributed by atoms with E-state index in [2.05, 4.69) is 29.0 Å². The van der Waals surface area contributed by atoms with E-state index in [4.69, 9.17) is 34.7 Å². The second kappa shape index (κ2) is 17.8. The Hall–Kier alpha value is -5.19. The van der Waals surface area contributed by atoms with Crippen LogP contribution in [0.5, 0.6) is 23.0 Å². The Bertz CT molecular complexity index is 2230. The summed E-state index contributed by atoms with van der Waals surface area (Å²) in [5.74, 6) is 2.15. The van der Waals surface area contributed by atoms with Crippen LogP contribution in [0.3, 0.4) is 0 Å². The summed E-state index contributed by atoms with van der Waals surface area (Å²) in [5.41, 5.74) is 6.85. The van der Waals surface area contributed by atoms with E-state index in [1.54, 1.807) is 50.6 Å². The van der Waals surface area contributed by atoms with Gasteiger partial charge in [0.2, 0.25) is 0 Å². The van der Waals surface area contributed by atoms with Gasteiger partial charge in [0.1, 0.15) is 44.0 Å². The van der Waals surface area contributed by atoms with Crippen LogP contribution in [0.4, 0.5) is 0 Å². The van der Waals surface area contributed by atoms with E-state index in [0.717, 1.165) is 39.3 Å². The van der Waals surface area contributed by atoms with Crippen molar-refractivity contribution in [2.75, 3.05) is 25.5 Å². The van der Waals surface area contributed by atoms with Gasteiger partial charge in [-0.2, -0.15) is 13.7 Å². The highest BCUT2D eigenvalue weighted by Gasteiger charge is 2.21. The Kier molecular flexibility index (Phi) is 12.7. The summed E-state index contributed by atoms with van der Waals surface area (Å²) in [7, 11) is -3.78. The van der Waals surface area contributed by atoms with Crippen LogP contribution in [0.25, 0.3) is 11.1 Å². The van der Waals surface area contributed by atoms with E-state index < -0.39 is 16.2 Å². The number of ether oxygens (including phenoxy) is 4. The van der Waals surface area contributed by atoms with Gasteiger partial charge in [-0.05, 0) is 85.0 Å². The standard InChI is InChI=1S/C41H41ClN4O7S/c1-28(2)53-54(47,48)16-13-46(24-30-9-11-44-12-10-30)25-35-18-37(42)40(20-39(35)51-26-32-17-31(21-43)22-45-23-32)52-27-34-5-4-6-36(29(34)3)33-7-8-38-41(19-33)50-15-14-49-38/h4-12,17-20,22-23,28H,13-16,24-27H2,1-3H3. The Morgan fingerprint density at radius 2 is 1.65 bits per heavy atom. The molecule has 3 heterocycles. The monoisotopic (exact) mass is 768 g/mol. The van der Waals surface area contributed by atoms with Crippen LogP contribution in [0.15, 0.2) is 91.5 Å². The number of aromatic nitrogens is 2. The van der Waals surface area contributed by atoms with Gasteiger partial charge in [-0.15, -0.1) is 0 Å². The number of nitrogens with zero attached hydrogens (tertiary/aromatic N) is 4. The average molecular weight is 769 g/mol. The molecular weight excluding hydrogens is 728 g/mol. The molecule has 0 fully saturated rings. The van der Waals surface area contributed by atoms with Crippen LogP contribution in [0.2, 0.25) is 5.02 Å². The molecule has 0 atom stereocenters. The molecule has 0 saturated carbocycles. The number of hydrogen-bond acceptors (Lipinski definition) is 11. The van der Waals surface area contributed by atoms with Gasteiger partial charge in [-0.3, -0.25) is 19.1 Å². The first-order valence-corrected chi connectivity index (χ1v) is 19.4. The lowest BCUT2D eigenvalue weighted by Crippen LogP contribution is -2.30. The fourth-order valence-electron chi connectivity index (χ4n) is 6.04. The van der Waals surface area contributed by atoms with Gasteiger partial charge in [0.05, 0.1) is 22.4 Å². The second-order valence-corrected chi connectivity index (χ2v) is 15.2. The molecule has 13 heteroatoms. The van der Waals surface area contributed by atoms with E-state index in [0.29, 0.717) is 59.5 Å².